The fraction of sp³-hybridized carbons (Fsp3) is 0.250. The molecular weight excluding hydrogens is 371 g/mol. The Morgan fingerprint density at radius 1 is 1.12 bits per heavy atom. The van der Waals surface area contributed by atoms with E-state index < -0.39 is 38.9 Å². The number of pyridine rings is 1. The van der Waals surface area contributed by atoms with E-state index in [0.29, 0.717) is 11.6 Å². The van der Waals surface area contributed by atoms with Gasteiger partial charge in [-0.25, -0.2) is 21.6 Å². The molecule has 0 saturated carbocycles. The van der Waals surface area contributed by atoms with Gasteiger partial charge in [-0.3, -0.25) is 9.78 Å². The van der Waals surface area contributed by atoms with Gasteiger partial charge in [-0.15, -0.1) is 0 Å². The first-order chi connectivity index (χ1) is 12.2. The molecule has 1 amide bonds. The second kappa shape index (κ2) is 8.28. The van der Waals surface area contributed by atoms with Gasteiger partial charge in [0.1, 0.15) is 0 Å². The van der Waals surface area contributed by atoms with Gasteiger partial charge in [0, 0.05) is 32.0 Å². The van der Waals surface area contributed by atoms with Crippen LogP contribution in [0.25, 0.3) is 0 Å². The van der Waals surface area contributed by atoms with E-state index in [9.17, 15) is 26.4 Å². The molecular formula is C16H16F3N3O3S. The molecule has 2 aromatic rings. The van der Waals surface area contributed by atoms with Crippen LogP contribution < -0.4 is 5.32 Å². The topological polar surface area (TPSA) is 79.4 Å². The minimum atomic E-state index is -3.57. The zero-order chi connectivity index (χ0) is 19.3. The summed E-state index contributed by atoms with van der Waals surface area (Å²) >= 11 is 0. The lowest BCUT2D eigenvalue weighted by molar-refractivity contribution is 0.0946. The van der Waals surface area contributed by atoms with Gasteiger partial charge in [0.2, 0.25) is 10.0 Å². The highest BCUT2D eigenvalue weighted by molar-refractivity contribution is 7.88. The van der Waals surface area contributed by atoms with E-state index in [-0.39, 0.29) is 19.6 Å². The van der Waals surface area contributed by atoms with Crippen molar-refractivity contribution >= 4 is 15.9 Å². The number of amides is 1. The fourth-order valence-electron chi connectivity index (χ4n) is 2.14. The minimum Gasteiger partial charge on any atom is -0.351 e. The smallest absolute Gasteiger partial charge is 0.254 e. The molecule has 0 aliphatic rings. The second-order valence-electron chi connectivity index (χ2n) is 5.43. The summed E-state index contributed by atoms with van der Waals surface area (Å²) in [4.78, 5) is 15.7. The van der Waals surface area contributed by atoms with Crippen LogP contribution in [0.4, 0.5) is 13.2 Å². The number of nitrogens with zero attached hydrogens (tertiary/aromatic N) is 2. The number of nitrogens with one attached hydrogen (secondary N) is 1. The molecule has 6 nitrogen and oxygen atoms in total. The maximum absolute atomic E-state index is 13.6. The van der Waals surface area contributed by atoms with Crippen LogP contribution in [0.3, 0.4) is 0 Å². The molecule has 0 radical (unpaired) electrons. The molecule has 0 saturated heterocycles. The van der Waals surface area contributed by atoms with Crippen molar-refractivity contribution in [2.24, 2.45) is 0 Å². The summed E-state index contributed by atoms with van der Waals surface area (Å²) in [6, 6.07) is 4.74. The van der Waals surface area contributed by atoms with Crippen LogP contribution in [-0.2, 0) is 16.6 Å². The lowest BCUT2D eigenvalue weighted by Crippen LogP contribution is -2.38. The Balaban J connectivity index is 2.01. The standard InChI is InChI=1S/C16H16F3N3O3S/c1-26(24,25)22(10-11-4-6-20-7-5-11)9-8-21-16(23)12-2-3-13(17)15(19)14(12)18/h2-7H,8-10H2,1H3,(H,21,23). The summed E-state index contributed by atoms with van der Waals surface area (Å²) in [6.45, 7) is -0.162. The molecule has 2 rings (SSSR count). The van der Waals surface area contributed by atoms with Crippen molar-refractivity contribution in [1.82, 2.24) is 14.6 Å². The summed E-state index contributed by atoms with van der Waals surface area (Å²) in [7, 11) is -3.57. The summed E-state index contributed by atoms with van der Waals surface area (Å²) < 4.78 is 64.5. The Morgan fingerprint density at radius 3 is 2.38 bits per heavy atom. The van der Waals surface area contributed by atoms with Gasteiger partial charge < -0.3 is 5.32 Å². The molecule has 140 valence electrons. The van der Waals surface area contributed by atoms with Gasteiger partial charge in [0.15, 0.2) is 17.5 Å². The van der Waals surface area contributed by atoms with Crippen molar-refractivity contribution in [3.63, 3.8) is 0 Å². The van der Waals surface area contributed by atoms with Crippen molar-refractivity contribution in [3.8, 4) is 0 Å². The predicted octanol–water partition coefficient (Wildman–Crippen LogP) is 1.69. The fourth-order valence-corrected chi connectivity index (χ4v) is 2.95. The van der Waals surface area contributed by atoms with E-state index in [4.69, 9.17) is 0 Å². The molecule has 1 aromatic heterocycles. The number of hydrogen-bond donors (Lipinski definition) is 1. The summed E-state index contributed by atoms with van der Waals surface area (Å²) in [5.41, 5.74) is 0.0346. The lowest BCUT2D eigenvalue weighted by atomic mass is 10.2. The predicted molar refractivity (Wildman–Crippen MR) is 88.1 cm³/mol. The maximum Gasteiger partial charge on any atom is 0.254 e. The highest BCUT2D eigenvalue weighted by Gasteiger charge is 2.20. The second-order valence-corrected chi connectivity index (χ2v) is 7.41. The molecule has 0 aliphatic heterocycles. The van der Waals surface area contributed by atoms with Gasteiger partial charge in [-0.2, -0.15) is 4.31 Å². The average Bonchev–Trinajstić information content (AvgIpc) is 2.59. The molecule has 1 heterocycles. The first-order valence-electron chi connectivity index (χ1n) is 7.46. The number of halogens is 3. The van der Waals surface area contributed by atoms with E-state index in [1.165, 1.54) is 12.4 Å². The Kier molecular flexibility index (Phi) is 6.32. The van der Waals surface area contributed by atoms with Crippen LogP contribution in [0.1, 0.15) is 15.9 Å². The number of carbonyl (C=O) groups excluding carboxylic acids is 1. The Bertz CT molecular complexity index is 892. The third-order valence-corrected chi connectivity index (χ3v) is 4.75. The van der Waals surface area contributed by atoms with Crippen molar-refractivity contribution in [3.05, 3.63) is 65.2 Å². The van der Waals surface area contributed by atoms with Crippen molar-refractivity contribution in [1.29, 1.82) is 0 Å². The summed E-state index contributed by atoms with van der Waals surface area (Å²) in [5.74, 6) is -5.72. The number of sulfonamides is 1. The van der Waals surface area contributed by atoms with Crippen molar-refractivity contribution < 1.29 is 26.4 Å². The highest BCUT2D eigenvalue weighted by Crippen LogP contribution is 2.15. The zero-order valence-corrected chi connectivity index (χ0v) is 14.6. The van der Waals surface area contributed by atoms with Gasteiger partial charge in [-0.1, -0.05) is 0 Å². The summed E-state index contributed by atoms with van der Waals surface area (Å²) in [5, 5.41) is 2.29. The molecule has 0 spiro atoms. The van der Waals surface area contributed by atoms with Crippen LogP contribution in [0.15, 0.2) is 36.7 Å². The van der Waals surface area contributed by atoms with Gasteiger partial charge in [-0.05, 0) is 29.8 Å². The zero-order valence-electron chi connectivity index (χ0n) is 13.7. The lowest BCUT2D eigenvalue weighted by Gasteiger charge is -2.20. The quantitative estimate of drug-likeness (QED) is 0.734. The number of rotatable bonds is 7. The molecule has 0 unspecified atom stereocenters. The monoisotopic (exact) mass is 387 g/mol. The van der Waals surface area contributed by atoms with E-state index in [1.807, 2.05) is 0 Å². The van der Waals surface area contributed by atoms with E-state index in [2.05, 4.69) is 10.3 Å². The molecule has 0 aliphatic carbocycles. The van der Waals surface area contributed by atoms with Crippen LogP contribution in [0.5, 0.6) is 0 Å². The number of benzene rings is 1. The summed E-state index contributed by atoms with van der Waals surface area (Å²) in [6.07, 6.45) is 4.05. The molecule has 0 atom stereocenters. The van der Waals surface area contributed by atoms with Crippen molar-refractivity contribution in [2.45, 2.75) is 6.54 Å². The highest BCUT2D eigenvalue weighted by atomic mass is 32.2. The molecule has 1 N–H and O–H groups in total. The van der Waals surface area contributed by atoms with Gasteiger partial charge in [0.25, 0.3) is 5.91 Å². The Hall–Kier alpha value is -2.46. The SMILES string of the molecule is CS(=O)(=O)N(CCNC(=O)c1ccc(F)c(F)c1F)Cc1ccncc1. The van der Waals surface area contributed by atoms with Gasteiger partial charge >= 0.3 is 0 Å². The number of carbonyl (C=O) groups is 1. The van der Waals surface area contributed by atoms with Crippen LogP contribution in [-0.4, -0.2) is 43.0 Å². The Labute approximate surface area is 148 Å². The van der Waals surface area contributed by atoms with E-state index in [0.717, 1.165) is 16.6 Å². The Morgan fingerprint density at radius 2 is 1.77 bits per heavy atom. The minimum absolute atomic E-state index is 0.0662. The van der Waals surface area contributed by atoms with E-state index in [1.54, 1.807) is 12.1 Å². The molecule has 0 bridgehead atoms. The third kappa shape index (κ3) is 5.02. The van der Waals surface area contributed by atoms with Crippen LogP contribution in [0, 0.1) is 17.5 Å². The average molecular weight is 387 g/mol. The maximum atomic E-state index is 13.6. The van der Waals surface area contributed by atoms with Crippen molar-refractivity contribution in [2.75, 3.05) is 19.3 Å². The normalized spacial score (nSPS) is 11.6. The molecule has 26 heavy (non-hydrogen) atoms. The molecule has 10 heteroatoms. The third-order valence-electron chi connectivity index (χ3n) is 3.50. The van der Waals surface area contributed by atoms with Crippen LogP contribution >= 0.6 is 0 Å². The first kappa shape index (κ1) is 19.9. The van der Waals surface area contributed by atoms with E-state index >= 15 is 0 Å². The molecule has 0 fully saturated rings. The number of aromatic nitrogens is 1. The largest absolute Gasteiger partial charge is 0.351 e. The van der Waals surface area contributed by atoms with Gasteiger partial charge in [0.05, 0.1) is 11.8 Å². The molecule has 1 aromatic carbocycles. The first-order valence-corrected chi connectivity index (χ1v) is 9.30. The van der Waals surface area contributed by atoms with Crippen LogP contribution in [0.2, 0.25) is 0 Å². The number of hydrogen-bond acceptors (Lipinski definition) is 4.